The molecular weight excluding hydrogens is 469 g/mol. The maximum atomic E-state index is 13.3. The van der Waals surface area contributed by atoms with E-state index in [1.165, 1.54) is 12.1 Å². The van der Waals surface area contributed by atoms with Gasteiger partial charge in [0.2, 0.25) is 5.89 Å². The van der Waals surface area contributed by atoms with Crippen LogP contribution in [0, 0.1) is 0 Å². The third-order valence-corrected chi connectivity index (χ3v) is 8.05. The number of likely N-dealkylation sites (tertiary alicyclic amines) is 1. The zero-order chi connectivity index (χ0) is 23.9. The number of piperidine rings is 1. The second kappa shape index (κ2) is 9.31. The monoisotopic (exact) mass is 496 g/mol. The number of rotatable bonds is 4. The number of urea groups is 1. The number of hydrogen-bond acceptors (Lipinski definition) is 5. The van der Waals surface area contributed by atoms with Gasteiger partial charge in [-0.25, -0.2) is 4.79 Å². The molecule has 2 amide bonds. The summed E-state index contributed by atoms with van der Waals surface area (Å²) in [6.45, 7) is 1.80. The van der Waals surface area contributed by atoms with Gasteiger partial charge in [-0.15, -0.1) is 0 Å². The summed E-state index contributed by atoms with van der Waals surface area (Å²) in [4.78, 5) is 21.4. The minimum atomic E-state index is -4.25. The van der Waals surface area contributed by atoms with Gasteiger partial charge >= 0.3 is 12.2 Å². The maximum Gasteiger partial charge on any atom is 0.393 e. The molecule has 184 valence electrons. The van der Waals surface area contributed by atoms with Crippen LogP contribution in [-0.2, 0) is 17.2 Å². The number of hydrogen-bond donors (Lipinski definition) is 0. The summed E-state index contributed by atoms with van der Waals surface area (Å²) in [5.41, 5.74) is 1.10. The van der Waals surface area contributed by atoms with E-state index in [1.54, 1.807) is 21.9 Å². The minimum Gasteiger partial charge on any atom is -0.339 e. The molecule has 7 nitrogen and oxygen atoms in total. The summed E-state index contributed by atoms with van der Waals surface area (Å²) >= 11 is 0. The highest BCUT2D eigenvalue weighted by Gasteiger charge is 2.38. The van der Waals surface area contributed by atoms with Gasteiger partial charge in [0, 0.05) is 60.3 Å². The Hall–Kier alpha value is -2.43. The van der Waals surface area contributed by atoms with E-state index in [2.05, 4.69) is 10.1 Å². The lowest BCUT2D eigenvalue weighted by atomic mass is 9.84. The van der Waals surface area contributed by atoms with Gasteiger partial charge in [0.25, 0.3) is 0 Å². The molecule has 0 N–H and O–H groups in total. The predicted octanol–water partition coefficient (Wildman–Crippen LogP) is 3.81. The minimum absolute atomic E-state index is 0.0714. The molecule has 2 atom stereocenters. The number of nitrogens with zero attached hydrogens (tertiary/aromatic N) is 4. The first-order valence-electron chi connectivity index (χ1n) is 11.6. The zero-order valence-corrected chi connectivity index (χ0v) is 19.5. The fourth-order valence-electron chi connectivity index (χ4n) is 4.76. The standard InChI is InChI=1S/C23H27F3N4O3S/c24-23(25,26)12-15-1-3-16(4-2-15)18-11-19(21-27-20(28-33-21)17-5-6-17)14-30(13-18)22(31)29-7-9-34(32)10-8-29/h1-4,17-19H,5-14H2. The lowest BCUT2D eigenvalue weighted by molar-refractivity contribution is -0.127. The predicted molar refractivity (Wildman–Crippen MR) is 119 cm³/mol. The molecular formula is C23H27F3N4O3S. The molecule has 11 heteroatoms. The average Bonchev–Trinajstić information content (AvgIpc) is 3.54. The van der Waals surface area contributed by atoms with Crippen molar-refractivity contribution >= 4 is 16.8 Å². The van der Waals surface area contributed by atoms with E-state index in [0.717, 1.165) is 18.4 Å². The van der Waals surface area contributed by atoms with E-state index >= 15 is 0 Å². The van der Waals surface area contributed by atoms with Gasteiger partial charge in [0.1, 0.15) is 0 Å². The van der Waals surface area contributed by atoms with E-state index in [9.17, 15) is 22.2 Å². The molecule has 3 heterocycles. The first-order valence-corrected chi connectivity index (χ1v) is 13.1. The fourth-order valence-corrected chi connectivity index (χ4v) is 5.82. The number of amides is 2. The Morgan fingerprint density at radius 2 is 1.71 bits per heavy atom. The van der Waals surface area contributed by atoms with Crippen LogP contribution in [-0.4, -0.2) is 74.0 Å². The number of carbonyl (C=O) groups is 1. The van der Waals surface area contributed by atoms with E-state index in [0.29, 0.717) is 61.7 Å². The molecule has 34 heavy (non-hydrogen) atoms. The van der Waals surface area contributed by atoms with Crippen LogP contribution in [0.5, 0.6) is 0 Å². The number of halogens is 3. The van der Waals surface area contributed by atoms with Crippen LogP contribution in [0.25, 0.3) is 0 Å². The van der Waals surface area contributed by atoms with Crippen LogP contribution < -0.4 is 0 Å². The van der Waals surface area contributed by atoms with Gasteiger partial charge in [-0.2, -0.15) is 18.2 Å². The summed E-state index contributed by atoms with van der Waals surface area (Å²) in [6, 6.07) is 6.36. The van der Waals surface area contributed by atoms with Crippen LogP contribution in [0.1, 0.15) is 59.9 Å². The quantitative estimate of drug-likeness (QED) is 0.643. The largest absolute Gasteiger partial charge is 0.393 e. The van der Waals surface area contributed by atoms with E-state index in [4.69, 9.17) is 4.52 Å². The Labute approximate surface area is 198 Å². The molecule has 2 unspecified atom stereocenters. The van der Waals surface area contributed by atoms with Gasteiger partial charge in [0.05, 0.1) is 12.3 Å². The molecule has 2 aromatic rings. The van der Waals surface area contributed by atoms with Crippen molar-refractivity contribution in [3.8, 4) is 0 Å². The lowest BCUT2D eigenvalue weighted by Crippen LogP contribution is -2.52. The second-order valence-corrected chi connectivity index (χ2v) is 11.1. The molecule has 3 fully saturated rings. The van der Waals surface area contributed by atoms with Gasteiger partial charge in [-0.1, -0.05) is 29.4 Å². The number of carbonyl (C=O) groups excluding carboxylic acids is 1. The summed E-state index contributed by atoms with van der Waals surface area (Å²) < 4.78 is 55.5. The molecule has 1 saturated carbocycles. The third kappa shape index (κ3) is 5.45. The van der Waals surface area contributed by atoms with Crippen LogP contribution in [0.15, 0.2) is 28.8 Å². The SMILES string of the molecule is O=C(N1CCS(=O)CC1)N1CC(c2ccc(CC(F)(F)F)cc2)CC(c2nc(C3CC3)no2)C1. The van der Waals surface area contributed by atoms with Gasteiger partial charge in [-0.3, -0.25) is 4.21 Å². The highest BCUT2D eigenvalue weighted by Crippen LogP contribution is 2.40. The Morgan fingerprint density at radius 3 is 2.35 bits per heavy atom. The van der Waals surface area contributed by atoms with Crippen LogP contribution in [0.4, 0.5) is 18.0 Å². The smallest absolute Gasteiger partial charge is 0.339 e. The molecule has 0 spiro atoms. The van der Waals surface area contributed by atoms with Crippen LogP contribution >= 0.6 is 0 Å². The topological polar surface area (TPSA) is 79.5 Å². The van der Waals surface area contributed by atoms with Crippen molar-refractivity contribution in [3.05, 3.63) is 47.1 Å². The van der Waals surface area contributed by atoms with Gasteiger partial charge < -0.3 is 14.3 Å². The van der Waals surface area contributed by atoms with E-state index < -0.39 is 23.4 Å². The molecule has 3 aliphatic rings. The molecule has 1 aromatic heterocycles. The second-order valence-electron chi connectivity index (χ2n) is 9.45. The highest BCUT2D eigenvalue weighted by molar-refractivity contribution is 7.85. The number of benzene rings is 1. The molecule has 5 rings (SSSR count). The van der Waals surface area contributed by atoms with Gasteiger partial charge in [-0.05, 0) is 30.4 Å². The summed E-state index contributed by atoms with van der Waals surface area (Å²) in [6.07, 6.45) is -2.45. The van der Waals surface area contributed by atoms with Gasteiger partial charge in [0.15, 0.2) is 5.82 Å². The summed E-state index contributed by atoms with van der Waals surface area (Å²) in [7, 11) is -0.887. The van der Waals surface area contributed by atoms with Crippen LogP contribution in [0.2, 0.25) is 0 Å². The molecule has 1 aliphatic carbocycles. The number of alkyl halides is 3. The van der Waals surface area contributed by atoms with Crippen LogP contribution in [0.3, 0.4) is 0 Å². The molecule has 0 bridgehead atoms. The van der Waals surface area contributed by atoms with Crippen molar-refractivity contribution < 1.29 is 26.7 Å². The third-order valence-electron chi connectivity index (χ3n) is 6.77. The first-order chi connectivity index (χ1) is 16.2. The van der Waals surface area contributed by atoms with E-state index in [1.807, 2.05) is 0 Å². The molecule has 0 radical (unpaired) electrons. The summed E-state index contributed by atoms with van der Waals surface area (Å²) in [5, 5.41) is 4.12. The van der Waals surface area contributed by atoms with Crippen molar-refractivity contribution in [2.24, 2.45) is 0 Å². The molecule has 2 saturated heterocycles. The Bertz CT molecular complexity index is 1040. The maximum absolute atomic E-state index is 13.3. The Morgan fingerprint density at radius 1 is 1.03 bits per heavy atom. The van der Waals surface area contributed by atoms with E-state index in [-0.39, 0.29) is 23.4 Å². The molecule has 1 aromatic carbocycles. The lowest BCUT2D eigenvalue weighted by Gasteiger charge is -2.40. The van der Waals surface area contributed by atoms with Crippen molar-refractivity contribution in [1.82, 2.24) is 19.9 Å². The summed E-state index contributed by atoms with van der Waals surface area (Å²) in [5.74, 6) is 2.30. The normalized spacial score (nSPS) is 24.4. The number of aromatic nitrogens is 2. The average molecular weight is 497 g/mol. The first kappa shape index (κ1) is 23.3. The van der Waals surface area contributed by atoms with Crippen molar-refractivity contribution in [1.29, 1.82) is 0 Å². The van der Waals surface area contributed by atoms with Crippen molar-refractivity contribution in [2.45, 2.75) is 49.6 Å². The Kier molecular flexibility index (Phi) is 6.39. The zero-order valence-electron chi connectivity index (χ0n) is 18.7. The fraction of sp³-hybridized carbons (Fsp3) is 0.609. The van der Waals surface area contributed by atoms with Crippen molar-refractivity contribution in [3.63, 3.8) is 0 Å². The Balaban J connectivity index is 1.36. The van der Waals surface area contributed by atoms with Crippen molar-refractivity contribution in [2.75, 3.05) is 37.7 Å². The highest BCUT2D eigenvalue weighted by atomic mass is 32.2. The molecule has 2 aliphatic heterocycles.